The normalized spacial score (nSPS) is 19.2. The summed E-state index contributed by atoms with van der Waals surface area (Å²) < 4.78 is 20.4. The summed E-state index contributed by atoms with van der Waals surface area (Å²) >= 11 is 0. The van der Waals surface area contributed by atoms with Crippen LogP contribution in [0.4, 0.5) is 4.39 Å². The average Bonchev–Trinajstić information content (AvgIpc) is 3.11. The molecule has 0 aliphatic carbocycles. The van der Waals surface area contributed by atoms with Gasteiger partial charge in [0, 0.05) is 20.1 Å². The monoisotopic (exact) mass is 415 g/mol. The van der Waals surface area contributed by atoms with Gasteiger partial charge in [0.05, 0.1) is 17.7 Å². The van der Waals surface area contributed by atoms with E-state index in [1.165, 1.54) is 12.1 Å². The molecule has 0 unspecified atom stereocenters. The maximum atomic E-state index is 13.3. The molecule has 1 aromatic carbocycles. The molecule has 6 nitrogen and oxygen atoms in total. The smallest absolute Gasteiger partial charge is 0.314 e. The second kappa shape index (κ2) is 8.98. The van der Waals surface area contributed by atoms with Crippen LogP contribution in [-0.4, -0.2) is 46.3 Å². The van der Waals surface area contributed by atoms with Crippen molar-refractivity contribution in [2.75, 3.05) is 19.7 Å². The fourth-order valence-corrected chi connectivity index (χ4v) is 4.10. The van der Waals surface area contributed by atoms with Gasteiger partial charge in [-0.05, 0) is 55.9 Å². The fraction of sp³-hybridized carbons (Fsp3) is 0.522. The number of amides is 1. The predicted molar refractivity (Wildman–Crippen MR) is 112 cm³/mol. The van der Waals surface area contributed by atoms with E-state index in [9.17, 15) is 14.0 Å². The molecule has 1 aliphatic heterocycles. The number of halogens is 1. The molecular formula is C23H30FN3O3. The Morgan fingerprint density at radius 3 is 2.57 bits per heavy atom. The number of piperidine rings is 1. The lowest BCUT2D eigenvalue weighted by Gasteiger charge is -2.41. The van der Waals surface area contributed by atoms with E-state index in [0.717, 1.165) is 11.3 Å². The van der Waals surface area contributed by atoms with E-state index in [2.05, 4.69) is 5.10 Å². The van der Waals surface area contributed by atoms with E-state index >= 15 is 0 Å². The third-order valence-electron chi connectivity index (χ3n) is 5.74. The number of esters is 1. The number of aryl methyl sites for hydroxylation is 1. The molecule has 0 spiro atoms. The molecule has 1 saturated heterocycles. The van der Waals surface area contributed by atoms with Gasteiger partial charge in [0.15, 0.2) is 0 Å². The molecule has 7 heteroatoms. The molecule has 2 aromatic rings. The fourth-order valence-electron chi connectivity index (χ4n) is 4.10. The SMILES string of the molecule is CCOC(=O)[C@@]1(Cc2ccc(F)cc2)CCCN(C(=O)c2cc(C(C)C)nn2C)C1. The van der Waals surface area contributed by atoms with Crippen molar-refractivity contribution in [1.29, 1.82) is 0 Å². The minimum absolute atomic E-state index is 0.135. The van der Waals surface area contributed by atoms with Gasteiger partial charge in [0.1, 0.15) is 11.5 Å². The van der Waals surface area contributed by atoms with Gasteiger partial charge in [0.2, 0.25) is 0 Å². The molecule has 3 rings (SSSR count). The first kappa shape index (κ1) is 22.0. The number of nitrogens with zero attached hydrogens (tertiary/aromatic N) is 3. The maximum absolute atomic E-state index is 13.3. The molecule has 0 bridgehead atoms. The van der Waals surface area contributed by atoms with Crippen molar-refractivity contribution in [2.24, 2.45) is 12.5 Å². The second-order valence-corrected chi connectivity index (χ2v) is 8.37. The van der Waals surface area contributed by atoms with Crippen molar-refractivity contribution in [3.8, 4) is 0 Å². The summed E-state index contributed by atoms with van der Waals surface area (Å²) in [5.74, 6) is -0.540. The van der Waals surface area contributed by atoms with Crippen LogP contribution in [-0.2, 0) is 23.0 Å². The van der Waals surface area contributed by atoms with Crippen molar-refractivity contribution in [3.05, 3.63) is 53.1 Å². The lowest BCUT2D eigenvalue weighted by Crippen LogP contribution is -2.52. The van der Waals surface area contributed by atoms with Gasteiger partial charge in [-0.25, -0.2) is 4.39 Å². The molecule has 1 atom stereocenters. The van der Waals surface area contributed by atoms with Crippen LogP contribution in [0.2, 0.25) is 0 Å². The van der Waals surface area contributed by atoms with E-state index in [-0.39, 0.29) is 36.8 Å². The Hall–Kier alpha value is -2.70. The Labute approximate surface area is 177 Å². The number of carbonyl (C=O) groups is 2. The van der Waals surface area contributed by atoms with Gasteiger partial charge in [-0.1, -0.05) is 26.0 Å². The van der Waals surface area contributed by atoms with Crippen LogP contribution in [0.5, 0.6) is 0 Å². The Morgan fingerprint density at radius 2 is 1.97 bits per heavy atom. The minimum atomic E-state index is -0.846. The van der Waals surface area contributed by atoms with Gasteiger partial charge in [0.25, 0.3) is 5.91 Å². The zero-order valence-corrected chi connectivity index (χ0v) is 18.2. The molecule has 30 heavy (non-hydrogen) atoms. The van der Waals surface area contributed by atoms with Crippen LogP contribution in [0.3, 0.4) is 0 Å². The first-order valence-electron chi connectivity index (χ1n) is 10.5. The van der Waals surface area contributed by atoms with E-state index < -0.39 is 5.41 Å². The topological polar surface area (TPSA) is 64.4 Å². The van der Waals surface area contributed by atoms with E-state index in [4.69, 9.17) is 4.74 Å². The first-order chi connectivity index (χ1) is 14.3. The number of likely N-dealkylation sites (tertiary alicyclic amines) is 1. The average molecular weight is 416 g/mol. The lowest BCUT2D eigenvalue weighted by molar-refractivity contribution is -0.158. The number of ether oxygens (including phenoxy) is 1. The molecule has 1 fully saturated rings. The quantitative estimate of drug-likeness (QED) is 0.675. The van der Waals surface area contributed by atoms with Crippen molar-refractivity contribution in [2.45, 2.75) is 46.0 Å². The Bertz CT molecular complexity index is 907. The summed E-state index contributed by atoms with van der Waals surface area (Å²) in [5.41, 5.74) is 1.38. The predicted octanol–water partition coefficient (Wildman–Crippen LogP) is 3.71. The van der Waals surface area contributed by atoms with Crippen LogP contribution in [0.25, 0.3) is 0 Å². The molecule has 0 radical (unpaired) electrons. The highest BCUT2D eigenvalue weighted by Gasteiger charge is 2.45. The van der Waals surface area contributed by atoms with Gasteiger partial charge in [-0.3, -0.25) is 14.3 Å². The van der Waals surface area contributed by atoms with E-state index in [0.29, 0.717) is 31.5 Å². The molecule has 0 N–H and O–H groups in total. The highest BCUT2D eigenvalue weighted by Crippen LogP contribution is 2.36. The van der Waals surface area contributed by atoms with Crippen molar-refractivity contribution in [3.63, 3.8) is 0 Å². The summed E-state index contributed by atoms with van der Waals surface area (Å²) in [7, 11) is 1.76. The van der Waals surface area contributed by atoms with Gasteiger partial charge in [-0.2, -0.15) is 5.10 Å². The third kappa shape index (κ3) is 4.55. The van der Waals surface area contributed by atoms with Gasteiger partial charge >= 0.3 is 5.97 Å². The van der Waals surface area contributed by atoms with E-state index in [1.807, 2.05) is 19.9 Å². The van der Waals surface area contributed by atoms with Crippen LogP contribution in [0.1, 0.15) is 61.3 Å². The Balaban J connectivity index is 1.88. The van der Waals surface area contributed by atoms with Crippen LogP contribution in [0, 0.1) is 11.2 Å². The molecule has 0 saturated carbocycles. The third-order valence-corrected chi connectivity index (χ3v) is 5.74. The van der Waals surface area contributed by atoms with Crippen LogP contribution >= 0.6 is 0 Å². The number of carbonyl (C=O) groups excluding carboxylic acids is 2. The lowest BCUT2D eigenvalue weighted by atomic mass is 9.75. The number of rotatable bonds is 6. The summed E-state index contributed by atoms with van der Waals surface area (Å²) in [5, 5.41) is 4.44. The van der Waals surface area contributed by atoms with Gasteiger partial charge in [-0.15, -0.1) is 0 Å². The molecular weight excluding hydrogens is 385 g/mol. The van der Waals surface area contributed by atoms with Crippen LogP contribution in [0.15, 0.2) is 30.3 Å². The Kier molecular flexibility index (Phi) is 6.58. The number of benzene rings is 1. The van der Waals surface area contributed by atoms with E-state index in [1.54, 1.807) is 35.7 Å². The molecule has 1 aliphatic rings. The maximum Gasteiger partial charge on any atom is 0.314 e. The summed E-state index contributed by atoms with van der Waals surface area (Å²) in [6.07, 6.45) is 1.72. The standard InChI is InChI=1S/C23H30FN3O3/c1-5-30-22(29)23(14-17-7-9-18(24)10-8-17)11-6-12-27(15-23)21(28)20-13-19(16(2)3)25-26(20)4/h7-10,13,16H,5-6,11-12,14-15H2,1-4H3/t23-/m1/s1. The molecule has 162 valence electrons. The first-order valence-corrected chi connectivity index (χ1v) is 10.5. The highest BCUT2D eigenvalue weighted by molar-refractivity contribution is 5.93. The summed E-state index contributed by atoms with van der Waals surface area (Å²) in [4.78, 5) is 28.0. The highest BCUT2D eigenvalue weighted by atomic mass is 19.1. The molecule has 2 heterocycles. The summed E-state index contributed by atoms with van der Waals surface area (Å²) in [6.45, 7) is 6.96. The zero-order valence-electron chi connectivity index (χ0n) is 18.2. The van der Waals surface area contributed by atoms with Crippen molar-refractivity contribution >= 4 is 11.9 Å². The second-order valence-electron chi connectivity index (χ2n) is 8.37. The zero-order chi connectivity index (χ0) is 21.9. The number of hydrogen-bond donors (Lipinski definition) is 0. The van der Waals surface area contributed by atoms with Crippen molar-refractivity contribution < 1.29 is 18.7 Å². The van der Waals surface area contributed by atoms with Crippen molar-refractivity contribution in [1.82, 2.24) is 14.7 Å². The number of hydrogen-bond acceptors (Lipinski definition) is 4. The molecule has 1 aromatic heterocycles. The van der Waals surface area contributed by atoms with Crippen LogP contribution < -0.4 is 0 Å². The van der Waals surface area contributed by atoms with Gasteiger partial charge < -0.3 is 9.64 Å². The Morgan fingerprint density at radius 1 is 1.27 bits per heavy atom. The summed E-state index contributed by atoms with van der Waals surface area (Å²) in [6, 6.07) is 7.99. The number of aromatic nitrogens is 2. The minimum Gasteiger partial charge on any atom is -0.466 e. The molecule has 1 amide bonds. The largest absolute Gasteiger partial charge is 0.466 e.